The smallest absolute Gasteiger partial charge is 0.138 e. The zero-order chi connectivity index (χ0) is 13.0. The number of rotatable bonds is 5. The third-order valence-corrected chi connectivity index (χ3v) is 4.76. The van der Waals surface area contributed by atoms with Crippen LogP contribution in [0.5, 0.6) is 0 Å². The predicted molar refractivity (Wildman–Crippen MR) is 77.5 cm³/mol. The Morgan fingerprint density at radius 2 is 2.22 bits per heavy atom. The number of nitrogens with zero attached hydrogens (tertiary/aromatic N) is 3. The van der Waals surface area contributed by atoms with Crippen molar-refractivity contribution in [3.63, 3.8) is 0 Å². The minimum Gasteiger partial charge on any atom is -0.327 e. The van der Waals surface area contributed by atoms with E-state index >= 15 is 0 Å². The Morgan fingerprint density at radius 1 is 1.44 bits per heavy atom. The minimum atomic E-state index is 0.0741. The van der Waals surface area contributed by atoms with Gasteiger partial charge in [0, 0.05) is 34.6 Å². The number of aryl methyl sites for hydroxylation is 1. The Kier molecular flexibility index (Phi) is 4.79. The molecule has 18 heavy (non-hydrogen) atoms. The van der Waals surface area contributed by atoms with Crippen LogP contribution in [0, 0.1) is 0 Å². The van der Waals surface area contributed by atoms with Gasteiger partial charge in [0.15, 0.2) is 0 Å². The third-order valence-electron chi connectivity index (χ3n) is 2.54. The summed E-state index contributed by atoms with van der Waals surface area (Å²) in [6.07, 6.45) is 2.30. The van der Waals surface area contributed by atoms with Gasteiger partial charge < -0.3 is 5.73 Å². The van der Waals surface area contributed by atoms with Crippen molar-refractivity contribution < 1.29 is 0 Å². The second kappa shape index (κ2) is 6.36. The van der Waals surface area contributed by atoms with Crippen molar-refractivity contribution in [1.82, 2.24) is 14.8 Å². The molecule has 0 radical (unpaired) electrons. The van der Waals surface area contributed by atoms with E-state index in [4.69, 9.17) is 5.73 Å². The first kappa shape index (κ1) is 13.6. The van der Waals surface area contributed by atoms with E-state index < -0.39 is 0 Å². The molecule has 2 aromatic rings. The van der Waals surface area contributed by atoms with Crippen LogP contribution in [0.2, 0.25) is 0 Å². The highest BCUT2D eigenvalue weighted by Gasteiger charge is 2.09. The van der Waals surface area contributed by atoms with E-state index in [0.717, 1.165) is 22.5 Å². The van der Waals surface area contributed by atoms with Crippen LogP contribution in [-0.2, 0) is 13.5 Å². The average molecular weight is 327 g/mol. The Morgan fingerprint density at radius 3 is 2.89 bits per heavy atom. The fourth-order valence-electron chi connectivity index (χ4n) is 1.56. The summed E-state index contributed by atoms with van der Waals surface area (Å²) in [6.45, 7) is 0. The van der Waals surface area contributed by atoms with E-state index in [1.54, 1.807) is 22.8 Å². The molecule has 96 valence electrons. The summed E-state index contributed by atoms with van der Waals surface area (Å²) in [5.41, 5.74) is 6.11. The van der Waals surface area contributed by atoms with Crippen LogP contribution in [0.25, 0.3) is 0 Å². The molecule has 0 amide bonds. The van der Waals surface area contributed by atoms with Gasteiger partial charge in [0.05, 0.1) is 0 Å². The standard InChI is InChI=1S/C12H15BrN4S/c1-17-12(15-8-16-17)6-9(14)7-18-11-5-3-2-4-10(11)13/h2-5,8-9H,6-7,14H2,1H3. The van der Waals surface area contributed by atoms with Gasteiger partial charge in [-0.15, -0.1) is 11.8 Å². The first-order valence-electron chi connectivity index (χ1n) is 5.62. The summed E-state index contributed by atoms with van der Waals surface area (Å²) in [7, 11) is 1.88. The molecule has 0 saturated heterocycles. The van der Waals surface area contributed by atoms with Crippen molar-refractivity contribution in [2.24, 2.45) is 12.8 Å². The molecular weight excluding hydrogens is 312 g/mol. The van der Waals surface area contributed by atoms with Crippen LogP contribution >= 0.6 is 27.7 Å². The summed E-state index contributed by atoms with van der Waals surface area (Å²) >= 11 is 5.28. The van der Waals surface area contributed by atoms with Crippen LogP contribution in [-0.4, -0.2) is 26.6 Å². The Hall–Kier alpha value is -0.850. The molecule has 1 aromatic heterocycles. The topological polar surface area (TPSA) is 56.7 Å². The Labute approximate surface area is 119 Å². The lowest BCUT2D eigenvalue weighted by atomic mass is 10.2. The van der Waals surface area contributed by atoms with Gasteiger partial charge >= 0.3 is 0 Å². The highest BCUT2D eigenvalue weighted by Crippen LogP contribution is 2.27. The molecule has 1 heterocycles. The predicted octanol–water partition coefficient (Wildman–Crippen LogP) is 2.24. The van der Waals surface area contributed by atoms with Gasteiger partial charge in [-0.25, -0.2) is 4.98 Å². The van der Waals surface area contributed by atoms with Crippen LogP contribution in [0.15, 0.2) is 40.0 Å². The molecule has 6 heteroatoms. The monoisotopic (exact) mass is 326 g/mol. The summed E-state index contributed by atoms with van der Waals surface area (Å²) in [5.74, 6) is 1.78. The van der Waals surface area contributed by atoms with Gasteiger partial charge in [0.25, 0.3) is 0 Å². The van der Waals surface area contributed by atoms with Gasteiger partial charge in [-0.1, -0.05) is 12.1 Å². The second-order valence-corrected chi connectivity index (χ2v) is 5.92. The zero-order valence-electron chi connectivity index (χ0n) is 10.1. The molecule has 1 unspecified atom stereocenters. The van der Waals surface area contributed by atoms with Crippen molar-refractivity contribution in [1.29, 1.82) is 0 Å². The molecule has 4 nitrogen and oxygen atoms in total. The Balaban J connectivity index is 1.87. The number of thioether (sulfide) groups is 1. The number of nitrogens with two attached hydrogens (primary N) is 1. The molecule has 0 aliphatic rings. The molecule has 2 rings (SSSR count). The van der Waals surface area contributed by atoms with Crippen LogP contribution in [0.4, 0.5) is 0 Å². The van der Waals surface area contributed by atoms with Gasteiger partial charge in [0.1, 0.15) is 12.2 Å². The largest absolute Gasteiger partial charge is 0.327 e. The van der Waals surface area contributed by atoms with E-state index in [2.05, 4.69) is 32.1 Å². The van der Waals surface area contributed by atoms with Crippen LogP contribution < -0.4 is 5.73 Å². The average Bonchev–Trinajstić information content (AvgIpc) is 2.74. The molecule has 0 aliphatic carbocycles. The molecule has 0 spiro atoms. The van der Waals surface area contributed by atoms with Gasteiger partial charge in [-0.05, 0) is 28.1 Å². The fourth-order valence-corrected chi connectivity index (χ4v) is 3.08. The maximum atomic E-state index is 6.11. The summed E-state index contributed by atoms with van der Waals surface area (Å²) in [4.78, 5) is 5.40. The molecular formula is C12H15BrN4S. The van der Waals surface area contributed by atoms with Crippen molar-refractivity contribution in [2.45, 2.75) is 17.4 Å². The summed E-state index contributed by atoms with van der Waals surface area (Å²) in [6, 6.07) is 8.24. The lowest BCUT2D eigenvalue weighted by Gasteiger charge is -2.11. The third kappa shape index (κ3) is 3.57. The highest BCUT2D eigenvalue weighted by atomic mass is 79.9. The summed E-state index contributed by atoms with van der Waals surface area (Å²) in [5, 5.41) is 4.04. The van der Waals surface area contributed by atoms with Gasteiger partial charge in [-0.3, -0.25) is 4.68 Å². The van der Waals surface area contributed by atoms with Crippen molar-refractivity contribution in [3.8, 4) is 0 Å². The van der Waals surface area contributed by atoms with Crippen LogP contribution in [0.3, 0.4) is 0 Å². The van der Waals surface area contributed by atoms with E-state index in [9.17, 15) is 0 Å². The second-order valence-electron chi connectivity index (χ2n) is 4.01. The van der Waals surface area contributed by atoms with Crippen molar-refractivity contribution in [3.05, 3.63) is 40.9 Å². The van der Waals surface area contributed by atoms with Gasteiger partial charge in [0.2, 0.25) is 0 Å². The maximum Gasteiger partial charge on any atom is 0.138 e. The molecule has 0 fully saturated rings. The van der Waals surface area contributed by atoms with Gasteiger partial charge in [-0.2, -0.15) is 5.10 Å². The van der Waals surface area contributed by atoms with Crippen LogP contribution in [0.1, 0.15) is 5.82 Å². The molecule has 0 aliphatic heterocycles. The normalized spacial score (nSPS) is 12.6. The van der Waals surface area contributed by atoms with E-state index in [-0.39, 0.29) is 6.04 Å². The SMILES string of the molecule is Cn1ncnc1CC(N)CSc1ccccc1Br. The van der Waals surface area contributed by atoms with E-state index in [0.29, 0.717) is 0 Å². The first-order valence-corrected chi connectivity index (χ1v) is 7.40. The molecule has 0 saturated carbocycles. The number of aromatic nitrogens is 3. The Bertz CT molecular complexity index is 514. The number of halogens is 1. The molecule has 1 aromatic carbocycles. The number of hydrogen-bond acceptors (Lipinski definition) is 4. The number of hydrogen-bond donors (Lipinski definition) is 1. The quantitative estimate of drug-likeness (QED) is 0.856. The summed E-state index contributed by atoms with van der Waals surface area (Å²) < 4.78 is 2.88. The maximum absolute atomic E-state index is 6.11. The van der Waals surface area contributed by atoms with Crippen molar-refractivity contribution >= 4 is 27.7 Å². The van der Waals surface area contributed by atoms with E-state index in [1.165, 1.54) is 4.90 Å². The number of benzene rings is 1. The van der Waals surface area contributed by atoms with Crippen molar-refractivity contribution in [2.75, 3.05) is 5.75 Å². The lowest BCUT2D eigenvalue weighted by molar-refractivity contribution is 0.643. The zero-order valence-corrected chi connectivity index (χ0v) is 12.5. The molecule has 2 N–H and O–H groups in total. The molecule has 0 bridgehead atoms. The molecule has 1 atom stereocenters. The lowest BCUT2D eigenvalue weighted by Crippen LogP contribution is -2.27. The fraction of sp³-hybridized carbons (Fsp3) is 0.333. The minimum absolute atomic E-state index is 0.0741. The highest BCUT2D eigenvalue weighted by molar-refractivity contribution is 9.10. The van der Waals surface area contributed by atoms with E-state index in [1.807, 2.05) is 25.2 Å². The first-order chi connectivity index (χ1) is 8.66.